The van der Waals surface area contributed by atoms with Gasteiger partial charge in [0.1, 0.15) is 29.8 Å². The van der Waals surface area contributed by atoms with E-state index in [9.17, 15) is 14.4 Å². The number of anilines is 1. The maximum atomic E-state index is 13.7. The molecule has 4 rings (SSSR count). The fourth-order valence-electron chi connectivity index (χ4n) is 3.28. The summed E-state index contributed by atoms with van der Waals surface area (Å²) in [6.07, 6.45) is 1.51. The van der Waals surface area contributed by atoms with Gasteiger partial charge in [-0.1, -0.05) is 66.7 Å². The SMILES string of the molecule is N#C/C(=C\c1ccc(OCc2ccccc2F)cc1)C(=O)Nc1cccc2ccccc12. The van der Waals surface area contributed by atoms with Crippen LogP contribution in [0.4, 0.5) is 10.1 Å². The number of rotatable bonds is 6. The average molecular weight is 422 g/mol. The van der Waals surface area contributed by atoms with Crippen LogP contribution in [0, 0.1) is 17.1 Å². The largest absolute Gasteiger partial charge is 0.489 e. The number of nitriles is 1. The summed E-state index contributed by atoms with van der Waals surface area (Å²) in [6, 6.07) is 28.6. The van der Waals surface area contributed by atoms with Crippen molar-refractivity contribution in [3.05, 3.63) is 114 Å². The lowest BCUT2D eigenvalue weighted by atomic mass is 10.1. The second-order valence-electron chi connectivity index (χ2n) is 7.10. The van der Waals surface area contributed by atoms with E-state index in [1.165, 1.54) is 12.1 Å². The summed E-state index contributed by atoms with van der Waals surface area (Å²) in [5.74, 6) is -0.240. The van der Waals surface area contributed by atoms with Crippen molar-refractivity contribution in [2.75, 3.05) is 5.32 Å². The monoisotopic (exact) mass is 422 g/mol. The third-order valence-electron chi connectivity index (χ3n) is 4.95. The predicted molar refractivity (Wildman–Crippen MR) is 123 cm³/mol. The Morgan fingerprint density at radius 1 is 0.938 bits per heavy atom. The molecule has 0 fully saturated rings. The molecule has 0 aromatic heterocycles. The first-order chi connectivity index (χ1) is 15.6. The zero-order chi connectivity index (χ0) is 22.3. The van der Waals surface area contributed by atoms with Gasteiger partial charge in [0.15, 0.2) is 0 Å². The van der Waals surface area contributed by atoms with Gasteiger partial charge in [0.2, 0.25) is 0 Å². The van der Waals surface area contributed by atoms with Crippen molar-refractivity contribution >= 4 is 28.4 Å². The van der Waals surface area contributed by atoms with Crippen LogP contribution in [0.5, 0.6) is 5.75 Å². The Hall–Kier alpha value is -4.43. The molecule has 156 valence electrons. The van der Waals surface area contributed by atoms with Crippen LogP contribution in [0.2, 0.25) is 0 Å². The zero-order valence-electron chi connectivity index (χ0n) is 17.1. The van der Waals surface area contributed by atoms with E-state index in [1.54, 1.807) is 48.5 Å². The third kappa shape index (κ3) is 4.82. The van der Waals surface area contributed by atoms with E-state index < -0.39 is 5.91 Å². The molecular weight excluding hydrogens is 403 g/mol. The van der Waals surface area contributed by atoms with Crippen LogP contribution < -0.4 is 10.1 Å². The molecule has 0 bridgehead atoms. The Bertz CT molecular complexity index is 1330. The Morgan fingerprint density at radius 3 is 2.44 bits per heavy atom. The number of nitrogens with zero attached hydrogens (tertiary/aromatic N) is 1. The van der Waals surface area contributed by atoms with E-state index in [0.29, 0.717) is 22.6 Å². The lowest BCUT2D eigenvalue weighted by Gasteiger charge is -2.09. The number of carbonyl (C=O) groups excluding carboxylic acids is 1. The van der Waals surface area contributed by atoms with Gasteiger partial charge in [-0.05, 0) is 41.3 Å². The first-order valence-corrected chi connectivity index (χ1v) is 10.0. The Labute approximate surface area is 185 Å². The highest BCUT2D eigenvalue weighted by atomic mass is 19.1. The van der Waals surface area contributed by atoms with E-state index in [1.807, 2.05) is 42.5 Å². The van der Waals surface area contributed by atoms with Crippen LogP contribution in [0.1, 0.15) is 11.1 Å². The van der Waals surface area contributed by atoms with E-state index in [2.05, 4.69) is 5.32 Å². The Morgan fingerprint density at radius 2 is 1.66 bits per heavy atom. The smallest absolute Gasteiger partial charge is 0.266 e. The van der Waals surface area contributed by atoms with Crippen molar-refractivity contribution in [1.29, 1.82) is 5.26 Å². The highest BCUT2D eigenvalue weighted by Crippen LogP contribution is 2.24. The molecule has 0 heterocycles. The molecule has 0 unspecified atom stereocenters. The molecule has 0 spiro atoms. The highest BCUT2D eigenvalue weighted by molar-refractivity contribution is 6.12. The molecule has 0 aliphatic rings. The van der Waals surface area contributed by atoms with Gasteiger partial charge in [-0.2, -0.15) is 5.26 Å². The minimum atomic E-state index is -0.483. The van der Waals surface area contributed by atoms with E-state index in [4.69, 9.17) is 4.74 Å². The van der Waals surface area contributed by atoms with Gasteiger partial charge in [-0.25, -0.2) is 4.39 Å². The number of benzene rings is 4. The van der Waals surface area contributed by atoms with E-state index in [-0.39, 0.29) is 18.0 Å². The molecule has 0 aliphatic heterocycles. The molecule has 4 aromatic carbocycles. The molecule has 0 aliphatic carbocycles. The van der Waals surface area contributed by atoms with Crippen LogP contribution in [0.25, 0.3) is 16.8 Å². The molecule has 0 radical (unpaired) electrons. The molecule has 0 saturated carbocycles. The number of hydrogen-bond acceptors (Lipinski definition) is 3. The summed E-state index contributed by atoms with van der Waals surface area (Å²) in [5, 5.41) is 14.2. The molecule has 4 nitrogen and oxygen atoms in total. The number of fused-ring (bicyclic) bond motifs is 1. The lowest BCUT2D eigenvalue weighted by Crippen LogP contribution is -2.13. The van der Waals surface area contributed by atoms with Gasteiger partial charge in [0.05, 0.1) is 0 Å². The number of nitrogens with one attached hydrogen (secondary N) is 1. The number of amides is 1. The summed E-state index contributed by atoms with van der Waals surface area (Å²) >= 11 is 0. The van der Waals surface area contributed by atoms with Crippen molar-refractivity contribution < 1.29 is 13.9 Å². The van der Waals surface area contributed by atoms with Crippen molar-refractivity contribution in [2.24, 2.45) is 0 Å². The maximum Gasteiger partial charge on any atom is 0.266 e. The molecule has 0 atom stereocenters. The average Bonchev–Trinajstić information content (AvgIpc) is 2.83. The van der Waals surface area contributed by atoms with Gasteiger partial charge in [-0.15, -0.1) is 0 Å². The first-order valence-electron chi connectivity index (χ1n) is 10.0. The van der Waals surface area contributed by atoms with E-state index >= 15 is 0 Å². The normalized spacial score (nSPS) is 11.1. The zero-order valence-corrected chi connectivity index (χ0v) is 17.1. The Balaban J connectivity index is 1.46. The molecule has 0 saturated heterocycles. The van der Waals surface area contributed by atoms with Crippen molar-refractivity contribution in [2.45, 2.75) is 6.61 Å². The Kier molecular flexibility index (Phi) is 6.24. The standard InChI is InChI=1S/C27H19FN2O2/c28-25-10-4-2-7-21(25)18-32-23-14-12-19(13-15-23)16-22(17-29)27(31)30-26-11-5-8-20-6-1-3-9-24(20)26/h1-16H,18H2,(H,30,31)/b22-16+. The van der Waals surface area contributed by atoms with E-state index in [0.717, 1.165) is 10.8 Å². The maximum absolute atomic E-state index is 13.7. The third-order valence-corrected chi connectivity index (χ3v) is 4.95. The molecule has 4 aromatic rings. The van der Waals surface area contributed by atoms with Crippen molar-refractivity contribution in [3.8, 4) is 11.8 Å². The summed E-state index contributed by atoms with van der Waals surface area (Å²) in [6.45, 7) is 0.110. The van der Waals surface area contributed by atoms with Gasteiger partial charge in [0.25, 0.3) is 5.91 Å². The lowest BCUT2D eigenvalue weighted by molar-refractivity contribution is -0.112. The minimum absolute atomic E-state index is 0.0158. The summed E-state index contributed by atoms with van der Waals surface area (Å²) in [5.41, 5.74) is 1.77. The predicted octanol–water partition coefficient (Wildman–Crippen LogP) is 6.10. The quantitative estimate of drug-likeness (QED) is 0.301. The summed E-state index contributed by atoms with van der Waals surface area (Å²) in [7, 11) is 0. The van der Waals surface area contributed by atoms with Crippen LogP contribution in [0.3, 0.4) is 0 Å². The number of halogens is 1. The van der Waals surface area contributed by atoms with Gasteiger partial charge >= 0.3 is 0 Å². The molecule has 32 heavy (non-hydrogen) atoms. The molecule has 5 heteroatoms. The topological polar surface area (TPSA) is 62.1 Å². The summed E-state index contributed by atoms with van der Waals surface area (Å²) in [4.78, 5) is 12.7. The number of carbonyl (C=O) groups is 1. The number of ether oxygens (including phenoxy) is 1. The fraction of sp³-hybridized carbons (Fsp3) is 0.0370. The summed E-state index contributed by atoms with van der Waals surface area (Å²) < 4.78 is 19.3. The molecule has 1 amide bonds. The molecular formula is C27H19FN2O2. The second kappa shape index (κ2) is 9.59. The molecule has 1 N–H and O–H groups in total. The van der Waals surface area contributed by atoms with Crippen LogP contribution in [-0.4, -0.2) is 5.91 Å². The van der Waals surface area contributed by atoms with Crippen molar-refractivity contribution in [1.82, 2.24) is 0 Å². The van der Waals surface area contributed by atoms with Gasteiger partial charge < -0.3 is 10.1 Å². The van der Waals surface area contributed by atoms with Gasteiger partial charge in [0, 0.05) is 16.6 Å². The van der Waals surface area contributed by atoms with Crippen LogP contribution >= 0.6 is 0 Å². The van der Waals surface area contributed by atoms with Gasteiger partial charge in [-0.3, -0.25) is 4.79 Å². The van der Waals surface area contributed by atoms with Crippen LogP contribution in [0.15, 0.2) is 96.6 Å². The highest BCUT2D eigenvalue weighted by Gasteiger charge is 2.11. The first kappa shape index (κ1) is 20.8. The van der Waals surface area contributed by atoms with Crippen LogP contribution in [-0.2, 0) is 11.4 Å². The van der Waals surface area contributed by atoms with Crippen molar-refractivity contribution in [3.63, 3.8) is 0 Å². The minimum Gasteiger partial charge on any atom is -0.489 e. The number of hydrogen-bond donors (Lipinski definition) is 1. The fourth-order valence-corrected chi connectivity index (χ4v) is 3.28. The second-order valence-corrected chi connectivity index (χ2v) is 7.10.